The summed E-state index contributed by atoms with van der Waals surface area (Å²) in [7, 11) is -1.68. The molecule has 138 valence electrons. The molecule has 0 saturated heterocycles. The van der Waals surface area contributed by atoms with Crippen LogP contribution < -0.4 is 0 Å². The molecule has 0 amide bonds. The van der Waals surface area contributed by atoms with Crippen molar-refractivity contribution >= 4 is 14.3 Å². The lowest BCUT2D eigenvalue weighted by atomic mass is 10.2. The van der Waals surface area contributed by atoms with E-state index >= 15 is 0 Å². The molecule has 0 aliphatic carbocycles. The van der Waals surface area contributed by atoms with Crippen LogP contribution in [0.15, 0.2) is 0 Å². The van der Waals surface area contributed by atoms with Gasteiger partial charge in [-0.2, -0.15) is 0 Å². The van der Waals surface area contributed by atoms with Gasteiger partial charge in [-0.1, -0.05) is 20.8 Å². The van der Waals surface area contributed by atoms with Crippen molar-refractivity contribution in [1.82, 2.24) is 0 Å². The second kappa shape index (κ2) is 9.76. The normalized spacial score (nSPS) is 13.2. The Morgan fingerprint density at radius 3 is 1.78 bits per heavy atom. The Morgan fingerprint density at radius 1 is 0.826 bits per heavy atom. The first-order valence-electron chi connectivity index (χ1n) is 8.36. The van der Waals surface area contributed by atoms with Crippen LogP contribution in [0.4, 0.5) is 0 Å². The van der Waals surface area contributed by atoms with Gasteiger partial charge >= 0.3 is 5.97 Å². The lowest BCUT2D eigenvalue weighted by molar-refractivity contribution is -0.156. The van der Waals surface area contributed by atoms with Gasteiger partial charge in [0.05, 0.1) is 39.5 Å². The minimum absolute atomic E-state index is 0.220. The maximum atomic E-state index is 11.5. The molecule has 0 radical (unpaired) electrons. The average molecular weight is 349 g/mol. The molecule has 0 rings (SSSR count). The number of rotatable bonds is 10. The van der Waals surface area contributed by atoms with Gasteiger partial charge in [-0.3, -0.25) is 4.79 Å². The summed E-state index contributed by atoms with van der Waals surface area (Å²) in [5, 5.41) is 0.220. The number of hydrogen-bond acceptors (Lipinski definition) is 5. The van der Waals surface area contributed by atoms with Gasteiger partial charge in [-0.15, -0.1) is 0 Å². The number of ether oxygens (including phenoxy) is 3. The molecule has 0 unspecified atom stereocenters. The molecule has 0 fully saturated rings. The van der Waals surface area contributed by atoms with Crippen LogP contribution in [0, 0.1) is 0 Å². The van der Waals surface area contributed by atoms with Crippen molar-refractivity contribution in [3.05, 3.63) is 0 Å². The van der Waals surface area contributed by atoms with Gasteiger partial charge < -0.3 is 18.6 Å². The van der Waals surface area contributed by atoms with Gasteiger partial charge in [0.2, 0.25) is 0 Å². The number of carbonyl (C=O) groups excluding carboxylic acids is 1. The predicted molar refractivity (Wildman–Crippen MR) is 95.2 cm³/mol. The van der Waals surface area contributed by atoms with E-state index in [9.17, 15) is 4.79 Å². The van der Waals surface area contributed by atoms with Crippen LogP contribution in [0.3, 0.4) is 0 Å². The fourth-order valence-electron chi connectivity index (χ4n) is 1.44. The first-order chi connectivity index (χ1) is 10.4. The molecule has 6 heteroatoms. The number of hydrogen-bond donors (Lipinski definition) is 0. The monoisotopic (exact) mass is 348 g/mol. The second-order valence-electron chi connectivity index (χ2n) is 8.17. The van der Waals surface area contributed by atoms with Crippen LogP contribution in [0.2, 0.25) is 18.1 Å². The van der Waals surface area contributed by atoms with Gasteiger partial charge in [-0.05, 0) is 38.9 Å². The Kier molecular flexibility index (Phi) is 9.58. The van der Waals surface area contributed by atoms with Crippen LogP contribution in [-0.4, -0.2) is 52.9 Å². The first-order valence-corrected chi connectivity index (χ1v) is 11.3. The van der Waals surface area contributed by atoms with Gasteiger partial charge in [0.1, 0.15) is 5.60 Å². The van der Waals surface area contributed by atoms with Crippen LogP contribution in [0.25, 0.3) is 0 Å². The van der Waals surface area contributed by atoms with Gasteiger partial charge in [0.25, 0.3) is 0 Å². The SMILES string of the molecule is CC(C)(C)OC(=O)CCOCCOCCO[Si](C)(C)C(C)(C)C. The molecular formula is C17H36O5Si. The molecule has 0 aromatic carbocycles. The zero-order valence-electron chi connectivity index (χ0n) is 16.3. The first kappa shape index (κ1) is 22.6. The molecule has 0 bridgehead atoms. The zero-order chi connectivity index (χ0) is 18.1. The zero-order valence-corrected chi connectivity index (χ0v) is 17.3. The highest BCUT2D eigenvalue weighted by atomic mass is 28.4. The minimum Gasteiger partial charge on any atom is -0.460 e. The largest absolute Gasteiger partial charge is 0.460 e. The molecule has 0 aliphatic heterocycles. The van der Waals surface area contributed by atoms with Crippen LogP contribution in [0.5, 0.6) is 0 Å². The lowest BCUT2D eigenvalue weighted by Gasteiger charge is -2.36. The summed E-state index contributed by atoms with van der Waals surface area (Å²) in [5.41, 5.74) is -0.440. The standard InChI is InChI=1S/C17H36O5Si/c1-16(2,3)22-15(18)9-10-19-11-12-20-13-14-21-23(7,8)17(4,5)6/h9-14H2,1-8H3. The topological polar surface area (TPSA) is 54.0 Å². The third-order valence-corrected chi connectivity index (χ3v) is 8.28. The van der Waals surface area contributed by atoms with E-state index in [4.69, 9.17) is 18.6 Å². The van der Waals surface area contributed by atoms with E-state index in [-0.39, 0.29) is 17.4 Å². The third-order valence-electron chi connectivity index (χ3n) is 3.74. The Bertz CT molecular complexity index is 342. The van der Waals surface area contributed by atoms with Gasteiger partial charge in [0, 0.05) is 0 Å². The van der Waals surface area contributed by atoms with Crippen molar-refractivity contribution in [1.29, 1.82) is 0 Å². The Labute approximate surface area is 143 Å². The highest BCUT2D eigenvalue weighted by molar-refractivity contribution is 6.74. The summed E-state index contributed by atoms with van der Waals surface area (Å²) in [6.07, 6.45) is 0.270. The minimum atomic E-state index is -1.68. The Morgan fingerprint density at radius 2 is 1.30 bits per heavy atom. The summed E-state index contributed by atoms with van der Waals surface area (Å²) in [6.45, 7) is 19.2. The predicted octanol–water partition coefficient (Wildman–Crippen LogP) is 3.77. The maximum absolute atomic E-state index is 11.5. The highest BCUT2D eigenvalue weighted by Crippen LogP contribution is 2.36. The maximum Gasteiger partial charge on any atom is 0.308 e. The molecule has 0 aromatic rings. The summed E-state index contributed by atoms with van der Waals surface area (Å²) in [5.74, 6) is -0.235. The molecule has 0 N–H and O–H groups in total. The molecule has 0 saturated carbocycles. The third kappa shape index (κ3) is 11.7. The van der Waals surface area contributed by atoms with Crippen molar-refractivity contribution in [3.63, 3.8) is 0 Å². The molecule has 5 nitrogen and oxygen atoms in total. The van der Waals surface area contributed by atoms with E-state index in [2.05, 4.69) is 33.9 Å². The Balaban J connectivity index is 3.53. The van der Waals surface area contributed by atoms with E-state index in [1.54, 1.807) is 0 Å². The van der Waals surface area contributed by atoms with E-state index in [0.29, 0.717) is 33.0 Å². The summed E-state index contributed by atoms with van der Waals surface area (Å²) in [4.78, 5) is 11.5. The van der Waals surface area contributed by atoms with Crippen molar-refractivity contribution < 1.29 is 23.4 Å². The summed E-state index contributed by atoms with van der Waals surface area (Å²) in [6, 6.07) is 0. The van der Waals surface area contributed by atoms with Crippen molar-refractivity contribution in [2.24, 2.45) is 0 Å². The highest BCUT2D eigenvalue weighted by Gasteiger charge is 2.36. The molecule has 0 aliphatic rings. The van der Waals surface area contributed by atoms with Crippen molar-refractivity contribution in [2.45, 2.75) is 71.7 Å². The van der Waals surface area contributed by atoms with Gasteiger partial charge in [0.15, 0.2) is 8.32 Å². The smallest absolute Gasteiger partial charge is 0.308 e. The molecule has 0 heterocycles. The Hall–Kier alpha value is -0.433. The van der Waals surface area contributed by atoms with E-state index < -0.39 is 13.9 Å². The quantitative estimate of drug-likeness (QED) is 0.342. The van der Waals surface area contributed by atoms with Crippen LogP contribution in [0.1, 0.15) is 48.0 Å². The van der Waals surface area contributed by atoms with Crippen molar-refractivity contribution in [2.75, 3.05) is 33.0 Å². The number of carbonyl (C=O) groups is 1. The molecule has 0 atom stereocenters. The second-order valence-corrected chi connectivity index (χ2v) is 13.0. The van der Waals surface area contributed by atoms with E-state index in [0.717, 1.165) is 0 Å². The van der Waals surface area contributed by atoms with E-state index in [1.807, 2.05) is 20.8 Å². The van der Waals surface area contributed by atoms with Gasteiger partial charge in [-0.25, -0.2) is 0 Å². The fourth-order valence-corrected chi connectivity index (χ4v) is 2.47. The van der Waals surface area contributed by atoms with E-state index in [1.165, 1.54) is 0 Å². The average Bonchev–Trinajstić information content (AvgIpc) is 2.33. The van der Waals surface area contributed by atoms with Crippen LogP contribution >= 0.6 is 0 Å². The lowest BCUT2D eigenvalue weighted by Crippen LogP contribution is -2.41. The molecule has 0 aromatic heterocycles. The van der Waals surface area contributed by atoms with Crippen LogP contribution in [-0.2, 0) is 23.4 Å². The molecule has 23 heavy (non-hydrogen) atoms. The number of esters is 1. The summed E-state index contributed by atoms with van der Waals surface area (Å²) < 4.78 is 22.1. The molecular weight excluding hydrogens is 312 g/mol. The van der Waals surface area contributed by atoms with Crippen molar-refractivity contribution in [3.8, 4) is 0 Å². The summed E-state index contributed by atoms with van der Waals surface area (Å²) >= 11 is 0. The fraction of sp³-hybridized carbons (Fsp3) is 0.941. The molecule has 0 spiro atoms.